The first-order valence-electron chi connectivity index (χ1n) is 11.2. The molecule has 1 unspecified atom stereocenters. The van der Waals surface area contributed by atoms with Gasteiger partial charge in [0.2, 0.25) is 5.91 Å². The summed E-state index contributed by atoms with van der Waals surface area (Å²) in [6.07, 6.45) is 1.91. The number of hydrogen-bond donors (Lipinski definition) is 1. The fraction of sp³-hybridized carbons (Fsp3) is 0.480. The molecule has 0 saturated carbocycles. The summed E-state index contributed by atoms with van der Waals surface area (Å²) >= 11 is 0. The first kappa shape index (κ1) is 22.4. The maximum atomic E-state index is 11.6. The number of fused-ring (bicyclic) bond motifs is 1. The molecule has 2 aliphatic rings. The van der Waals surface area contributed by atoms with Gasteiger partial charge in [-0.05, 0) is 55.3 Å². The van der Waals surface area contributed by atoms with E-state index < -0.39 is 0 Å². The number of nitrogens with two attached hydrogens (primary N) is 1. The van der Waals surface area contributed by atoms with Crippen LogP contribution in [-0.4, -0.2) is 56.2 Å². The van der Waals surface area contributed by atoms with Gasteiger partial charge in [0.15, 0.2) is 0 Å². The highest BCUT2D eigenvalue weighted by molar-refractivity contribution is 5.76. The number of nitrogens with zero attached hydrogens (tertiary/aromatic N) is 2. The zero-order valence-electron chi connectivity index (χ0n) is 19.0. The van der Waals surface area contributed by atoms with E-state index in [1.54, 1.807) is 14.2 Å². The Morgan fingerprint density at radius 2 is 1.97 bits per heavy atom. The molecule has 172 valence electrons. The van der Waals surface area contributed by atoms with Gasteiger partial charge in [-0.2, -0.15) is 0 Å². The molecule has 0 radical (unpaired) electrons. The van der Waals surface area contributed by atoms with Gasteiger partial charge in [0.25, 0.3) is 0 Å². The molecule has 7 nitrogen and oxygen atoms in total. The number of likely N-dealkylation sites (tertiary alicyclic amines) is 1. The molecular weight excluding hydrogens is 406 g/mol. The van der Waals surface area contributed by atoms with Crippen LogP contribution in [0.25, 0.3) is 0 Å². The van der Waals surface area contributed by atoms with Gasteiger partial charge in [0.1, 0.15) is 23.9 Å². The van der Waals surface area contributed by atoms with Crippen LogP contribution in [0, 0.1) is 5.92 Å². The van der Waals surface area contributed by atoms with Crippen LogP contribution in [0.15, 0.2) is 36.4 Å². The molecule has 0 spiro atoms. The van der Waals surface area contributed by atoms with Crippen LogP contribution in [0.2, 0.25) is 0 Å². The largest absolute Gasteiger partial charge is 0.497 e. The first-order valence-corrected chi connectivity index (χ1v) is 11.2. The molecule has 2 aliphatic heterocycles. The zero-order valence-corrected chi connectivity index (χ0v) is 19.0. The van der Waals surface area contributed by atoms with Crippen molar-refractivity contribution >= 4 is 5.91 Å². The second-order valence-corrected chi connectivity index (χ2v) is 8.66. The highest BCUT2D eigenvalue weighted by atomic mass is 16.5. The van der Waals surface area contributed by atoms with E-state index in [-0.39, 0.29) is 11.8 Å². The lowest BCUT2D eigenvalue weighted by Crippen LogP contribution is -2.40. The third-order valence-corrected chi connectivity index (χ3v) is 6.38. The van der Waals surface area contributed by atoms with Crippen molar-refractivity contribution in [2.45, 2.75) is 32.5 Å². The Kier molecular flexibility index (Phi) is 7.17. The molecule has 1 fully saturated rings. The van der Waals surface area contributed by atoms with Crippen molar-refractivity contribution in [2.24, 2.45) is 11.7 Å². The van der Waals surface area contributed by atoms with Crippen molar-refractivity contribution in [3.8, 4) is 17.2 Å². The zero-order chi connectivity index (χ0) is 22.5. The van der Waals surface area contributed by atoms with Crippen LogP contribution in [-0.2, 0) is 24.4 Å². The quantitative estimate of drug-likeness (QED) is 0.715. The highest BCUT2D eigenvalue weighted by Crippen LogP contribution is 2.29. The number of piperidine rings is 1. The van der Waals surface area contributed by atoms with Gasteiger partial charge in [-0.25, -0.2) is 0 Å². The summed E-state index contributed by atoms with van der Waals surface area (Å²) in [6.45, 7) is 5.58. The van der Waals surface area contributed by atoms with Gasteiger partial charge in [0.05, 0.1) is 20.1 Å². The molecular formula is C25H33N3O4. The molecule has 1 amide bonds. The Hall–Kier alpha value is -2.77. The van der Waals surface area contributed by atoms with Crippen LogP contribution < -0.4 is 19.9 Å². The average Bonchev–Trinajstić information content (AvgIpc) is 3.00. The minimum atomic E-state index is -0.186. The lowest BCUT2D eigenvalue weighted by molar-refractivity contribution is -0.123. The van der Waals surface area contributed by atoms with E-state index >= 15 is 0 Å². The van der Waals surface area contributed by atoms with E-state index in [1.165, 1.54) is 11.1 Å². The van der Waals surface area contributed by atoms with Gasteiger partial charge in [-0.15, -0.1) is 0 Å². The lowest BCUT2D eigenvalue weighted by Gasteiger charge is -2.31. The molecule has 1 saturated heterocycles. The summed E-state index contributed by atoms with van der Waals surface area (Å²) in [5.41, 5.74) is 9.06. The maximum Gasteiger partial charge on any atom is 0.221 e. The Balaban J connectivity index is 1.47. The normalized spacial score (nSPS) is 19.5. The van der Waals surface area contributed by atoms with E-state index in [9.17, 15) is 4.79 Å². The molecule has 2 aromatic carbocycles. The molecule has 0 aromatic heterocycles. The van der Waals surface area contributed by atoms with Crippen LogP contribution >= 0.6 is 0 Å². The van der Waals surface area contributed by atoms with Crippen LogP contribution in [0.3, 0.4) is 0 Å². The van der Waals surface area contributed by atoms with E-state index in [1.807, 2.05) is 18.2 Å². The van der Waals surface area contributed by atoms with Crippen LogP contribution in [0.4, 0.5) is 0 Å². The summed E-state index contributed by atoms with van der Waals surface area (Å²) in [4.78, 5) is 16.3. The van der Waals surface area contributed by atoms with Gasteiger partial charge >= 0.3 is 0 Å². The number of methoxy groups -OCH3 is 2. The van der Waals surface area contributed by atoms with Crippen molar-refractivity contribution < 1.29 is 19.0 Å². The standard InChI is InChI=1S/C25H33N3O4/c1-30-22-6-8-23(31-2)21(13-22)17-28-10-11-32-24-7-5-18(12-20(24)16-28)14-27-9-3-4-19(15-27)25(26)29/h5-8,12-13,19H,3-4,9-11,14-17H2,1-2H3,(H2,26,29). The van der Waals surface area contributed by atoms with Crippen molar-refractivity contribution in [3.63, 3.8) is 0 Å². The topological polar surface area (TPSA) is 77.3 Å². The first-order chi connectivity index (χ1) is 15.6. The summed E-state index contributed by atoms with van der Waals surface area (Å²) in [6, 6.07) is 12.4. The Labute approximate surface area is 190 Å². The van der Waals surface area contributed by atoms with E-state index in [4.69, 9.17) is 19.9 Å². The minimum absolute atomic E-state index is 0.0405. The maximum absolute atomic E-state index is 11.6. The third kappa shape index (κ3) is 5.34. The molecule has 0 bridgehead atoms. The monoisotopic (exact) mass is 439 g/mol. The van der Waals surface area contributed by atoms with Gasteiger partial charge in [-0.1, -0.05) is 6.07 Å². The van der Waals surface area contributed by atoms with Gasteiger partial charge in [-0.3, -0.25) is 14.6 Å². The number of amides is 1. The fourth-order valence-electron chi connectivity index (χ4n) is 4.67. The smallest absolute Gasteiger partial charge is 0.221 e. The summed E-state index contributed by atoms with van der Waals surface area (Å²) in [5, 5.41) is 0. The summed E-state index contributed by atoms with van der Waals surface area (Å²) in [7, 11) is 3.37. The molecule has 2 aromatic rings. The number of rotatable bonds is 7. The van der Waals surface area contributed by atoms with Crippen LogP contribution in [0.5, 0.6) is 17.2 Å². The van der Waals surface area contributed by atoms with E-state index in [0.717, 1.165) is 74.9 Å². The third-order valence-electron chi connectivity index (χ3n) is 6.38. The van der Waals surface area contributed by atoms with Crippen molar-refractivity contribution in [3.05, 3.63) is 53.1 Å². The number of ether oxygens (including phenoxy) is 3. The van der Waals surface area contributed by atoms with Gasteiger partial charge in [0, 0.05) is 43.9 Å². The molecule has 1 atom stereocenters. The second kappa shape index (κ2) is 10.2. The minimum Gasteiger partial charge on any atom is -0.497 e. The number of benzene rings is 2. The highest BCUT2D eigenvalue weighted by Gasteiger charge is 2.24. The summed E-state index contributed by atoms with van der Waals surface area (Å²) < 4.78 is 17.0. The van der Waals surface area contributed by atoms with Crippen LogP contribution in [0.1, 0.15) is 29.5 Å². The van der Waals surface area contributed by atoms with Crippen molar-refractivity contribution in [2.75, 3.05) is 40.5 Å². The van der Waals surface area contributed by atoms with Gasteiger partial charge < -0.3 is 19.9 Å². The predicted molar refractivity (Wildman–Crippen MR) is 123 cm³/mol. The number of carbonyl (C=O) groups excluding carboxylic acids is 1. The Bertz CT molecular complexity index is 949. The van der Waals surface area contributed by atoms with E-state index in [0.29, 0.717) is 6.61 Å². The molecule has 2 N–H and O–H groups in total. The predicted octanol–water partition coefficient (Wildman–Crippen LogP) is 2.80. The molecule has 4 rings (SSSR count). The second-order valence-electron chi connectivity index (χ2n) is 8.66. The van der Waals surface area contributed by atoms with E-state index in [2.05, 4.69) is 28.0 Å². The number of hydrogen-bond acceptors (Lipinski definition) is 6. The van der Waals surface area contributed by atoms with Crippen molar-refractivity contribution in [1.29, 1.82) is 0 Å². The number of primary amides is 1. The number of carbonyl (C=O) groups is 1. The van der Waals surface area contributed by atoms with Crippen molar-refractivity contribution in [1.82, 2.24) is 9.80 Å². The molecule has 2 heterocycles. The molecule has 7 heteroatoms. The SMILES string of the molecule is COc1ccc(OC)c(CN2CCOc3ccc(CN4CCCC(C(N)=O)C4)cc3C2)c1. The Morgan fingerprint density at radius 3 is 2.75 bits per heavy atom. The fourth-order valence-corrected chi connectivity index (χ4v) is 4.67. The Morgan fingerprint density at radius 1 is 1.09 bits per heavy atom. The summed E-state index contributed by atoms with van der Waals surface area (Å²) in [5.74, 6) is 2.40. The lowest BCUT2D eigenvalue weighted by atomic mass is 9.97. The average molecular weight is 440 g/mol. The molecule has 32 heavy (non-hydrogen) atoms. The molecule has 0 aliphatic carbocycles.